The molecule has 2 rings (SSSR count). The molecule has 0 saturated heterocycles. The Morgan fingerprint density at radius 1 is 1.19 bits per heavy atom. The Labute approximate surface area is 94.4 Å². The minimum atomic E-state index is -0.585. The molecule has 2 atom stereocenters. The molecule has 0 saturated carbocycles. The van der Waals surface area contributed by atoms with E-state index in [0.717, 1.165) is 0 Å². The van der Waals surface area contributed by atoms with Crippen molar-refractivity contribution in [1.82, 2.24) is 0 Å². The van der Waals surface area contributed by atoms with Gasteiger partial charge >= 0.3 is 5.97 Å². The number of ether oxygens (including phenoxy) is 1. The zero-order valence-electron chi connectivity index (χ0n) is 8.87. The third-order valence-corrected chi connectivity index (χ3v) is 2.61. The Bertz CT molecular complexity index is 383. The monoisotopic (exact) mass is 218 g/mol. The van der Waals surface area contributed by atoms with Crippen molar-refractivity contribution in [3.8, 4) is 0 Å². The zero-order chi connectivity index (χ0) is 11.4. The third-order valence-electron chi connectivity index (χ3n) is 2.61. The summed E-state index contributed by atoms with van der Waals surface area (Å²) in [6, 6.07) is 8.82. The number of aliphatic hydroxyl groups is 1. The Morgan fingerprint density at radius 2 is 1.88 bits per heavy atom. The second kappa shape index (κ2) is 4.94. The molecule has 3 heteroatoms. The van der Waals surface area contributed by atoms with E-state index < -0.39 is 12.2 Å². The van der Waals surface area contributed by atoms with Crippen molar-refractivity contribution in [2.75, 3.05) is 0 Å². The van der Waals surface area contributed by atoms with Gasteiger partial charge in [0.2, 0.25) is 0 Å². The lowest BCUT2D eigenvalue weighted by atomic mass is 10.0. The summed E-state index contributed by atoms with van der Waals surface area (Å²) in [4.78, 5) is 11.7. The Hall–Kier alpha value is -1.61. The van der Waals surface area contributed by atoms with Crippen LogP contribution in [0.3, 0.4) is 0 Å². The lowest BCUT2D eigenvalue weighted by Crippen LogP contribution is -2.32. The molecule has 16 heavy (non-hydrogen) atoms. The smallest absolute Gasteiger partial charge is 0.338 e. The summed E-state index contributed by atoms with van der Waals surface area (Å²) in [5, 5.41) is 9.64. The highest BCUT2D eigenvalue weighted by Gasteiger charge is 2.24. The minimum absolute atomic E-state index is 0.375. The number of carbonyl (C=O) groups is 1. The standard InChI is InChI=1S/C13H14O3/c14-11-8-4-5-9-12(11)16-13(15)10-6-2-1-3-7-10/h1-7,11-12,14H,8-9H2/t11-,12-/m0/s1. The fourth-order valence-corrected chi connectivity index (χ4v) is 1.68. The Kier molecular flexibility index (Phi) is 3.37. The maximum absolute atomic E-state index is 11.7. The first kappa shape index (κ1) is 10.9. The van der Waals surface area contributed by atoms with Crippen LogP contribution in [0.4, 0.5) is 0 Å². The summed E-state index contributed by atoms with van der Waals surface area (Å²) in [6.07, 6.45) is 3.95. The van der Waals surface area contributed by atoms with Gasteiger partial charge in [-0.15, -0.1) is 0 Å². The molecule has 3 nitrogen and oxygen atoms in total. The van der Waals surface area contributed by atoms with Crippen molar-refractivity contribution in [3.63, 3.8) is 0 Å². The van der Waals surface area contributed by atoms with Crippen LogP contribution in [-0.4, -0.2) is 23.3 Å². The fraction of sp³-hybridized carbons (Fsp3) is 0.308. The van der Waals surface area contributed by atoms with Crippen LogP contribution in [0.2, 0.25) is 0 Å². The lowest BCUT2D eigenvalue weighted by Gasteiger charge is -2.23. The van der Waals surface area contributed by atoms with Gasteiger partial charge in [0.15, 0.2) is 0 Å². The average Bonchev–Trinajstić information content (AvgIpc) is 2.33. The summed E-state index contributed by atoms with van der Waals surface area (Å²) in [7, 11) is 0. The Balaban J connectivity index is 2.00. The van der Waals surface area contributed by atoms with Crippen molar-refractivity contribution < 1.29 is 14.6 Å². The molecule has 1 aliphatic rings. The maximum atomic E-state index is 11.7. The highest BCUT2D eigenvalue weighted by Crippen LogP contribution is 2.17. The van der Waals surface area contributed by atoms with E-state index in [2.05, 4.69) is 0 Å². The number of benzene rings is 1. The number of hydrogen-bond acceptors (Lipinski definition) is 3. The van der Waals surface area contributed by atoms with Crippen LogP contribution in [0.25, 0.3) is 0 Å². The molecule has 1 N–H and O–H groups in total. The summed E-state index contributed by atoms with van der Waals surface area (Å²) in [6.45, 7) is 0. The largest absolute Gasteiger partial charge is 0.456 e. The number of aliphatic hydroxyl groups excluding tert-OH is 1. The number of hydrogen-bond donors (Lipinski definition) is 1. The first-order chi connectivity index (χ1) is 7.77. The number of rotatable bonds is 2. The van der Waals surface area contributed by atoms with Crippen molar-refractivity contribution in [1.29, 1.82) is 0 Å². The molecule has 0 bridgehead atoms. The predicted molar refractivity (Wildman–Crippen MR) is 60.0 cm³/mol. The van der Waals surface area contributed by atoms with Gasteiger partial charge in [0.05, 0.1) is 11.7 Å². The van der Waals surface area contributed by atoms with Gasteiger partial charge in [-0.1, -0.05) is 30.4 Å². The third kappa shape index (κ3) is 2.49. The molecule has 0 radical (unpaired) electrons. The van der Waals surface area contributed by atoms with Gasteiger partial charge in [-0.05, 0) is 18.6 Å². The number of carbonyl (C=O) groups excluding carboxylic acids is 1. The van der Waals surface area contributed by atoms with Crippen molar-refractivity contribution in [2.45, 2.75) is 25.0 Å². The van der Waals surface area contributed by atoms with Crippen LogP contribution in [0, 0.1) is 0 Å². The Morgan fingerprint density at radius 3 is 2.56 bits per heavy atom. The quantitative estimate of drug-likeness (QED) is 0.609. The van der Waals surface area contributed by atoms with Crippen LogP contribution >= 0.6 is 0 Å². The molecule has 0 aliphatic heterocycles. The van der Waals surface area contributed by atoms with Crippen molar-refractivity contribution >= 4 is 5.97 Å². The second-order valence-electron chi connectivity index (χ2n) is 3.82. The SMILES string of the molecule is O=C(O[C@H]1CC=CC[C@@H]1O)c1ccccc1. The molecule has 1 aromatic carbocycles. The van der Waals surface area contributed by atoms with Gasteiger partial charge in [0, 0.05) is 6.42 Å². The molecular formula is C13H14O3. The van der Waals surface area contributed by atoms with Crippen LogP contribution in [0.1, 0.15) is 23.2 Å². The van der Waals surface area contributed by atoms with Crippen molar-refractivity contribution in [2.24, 2.45) is 0 Å². The molecule has 1 aliphatic carbocycles. The van der Waals surface area contributed by atoms with Crippen LogP contribution < -0.4 is 0 Å². The van der Waals surface area contributed by atoms with Gasteiger partial charge in [-0.3, -0.25) is 0 Å². The molecule has 0 amide bonds. The topological polar surface area (TPSA) is 46.5 Å². The van der Waals surface area contributed by atoms with E-state index in [-0.39, 0.29) is 5.97 Å². The molecule has 0 spiro atoms. The van der Waals surface area contributed by atoms with Crippen LogP contribution in [0.15, 0.2) is 42.5 Å². The van der Waals surface area contributed by atoms with Crippen LogP contribution in [0.5, 0.6) is 0 Å². The van der Waals surface area contributed by atoms with Gasteiger partial charge in [0.1, 0.15) is 6.10 Å². The van der Waals surface area contributed by atoms with E-state index in [1.807, 2.05) is 18.2 Å². The molecule has 1 aromatic rings. The van der Waals surface area contributed by atoms with E-state index in [1.165, 1.54) is 0 Å². The number of esters is 1. The first-order valence-electron chi connectivity index (χ1n) is 5.36. The first-order valence-corrected chi connectivity index (χ1v) is 5.36. The lowest BCUT2D eigenvalue weighted by molar-refractivity contribution is -0.0185. The van der Waals surface area contributed by atoms with E-state index in [9.17, 15) is 9.90 Å². The highest BCUT2D eigenvalue weighted by atomic mass is 16.6. The van der Waals surface area contributed by atoms with Gasteiger partial charge in [-0.25, -0.2) is 4.79 Å². The van der Waals surface area contributed by atoms with Crippen LogP contribution in [-0.2, 0) is 4.74 Å². The summed E-state index contributed by atoms with van der Waals surface area (Å²) < 4.78 is 5.25. The molecular weight excluding hydrogens is 204 g/mol. The van der Waals surface area contributed by atoms with Gasteiger partial charge < -0.3 is 9.84 Å². The zero-order valence-corrected chi connectivity index (χ0v) is 8.87. The van der Waals surface area contributed by atoms with E-state index >= 15 is 0 Å². The maximum Gasteiger partial charge on any atom is 0.338 e. The summed E-state index contributed by atoms with van der Waals surface area (Å²) in [5.41, 5.74) is 0.518. The summed E-state index contributed by atoms with van der Waals surface area (Å²) >= 11 is 0. The van der Waals surface area contributed by atoms with Gasteiger partial charge in [-0.2, -0.15) is 0 Å². The van der Waals surface area contributed by atoms with E-state index in [0.29, 0.717) is 18.4 Å². The summed E-state index contributed by atoms with van der Waals surface area (Å²) in [5.74, 6) is -0.375. The molecule has 0 fully saturated rings. The minimum Gasteiger partial charge on any atom is -0.456 e. The van der Waals surface area contributed by atoms with Gasteiger partial charge in [0.25, 0.3) is 0 Å². The molecule has 0 aromatic heterocycles. The fourth-order valence-electron chi connectivity index (χ4n) is 1.68. The normalized spacial score (nSPS) is 24.1. The van der Waals surface area contributed by atoms with E-state index in [4.69, 9.17) is 4.74 Å². The molecule has 84 valence electrons. The average molecular weight is 218 g/mol. The van der Waals surface area contributed by atoms with E-state index in [1.54, 1.807) is 24.3 Å². The highest BCUT2D eigenvalue weighted by molar-refractivity contribution is 5.89. The second-order valence-corrected chi connectivity index (χ2v) is 3.82. The molecule has 0 heterocycles. The van der Waals surface area contributed by atoms with Crippen molar-refractivity contribution in [3.05, 3.63) is 48.0 Å². The molecule has 0 unspecified atom stereocenters. The predicted octanol–water partition coefficient (Wildman–Crippen LogP) is 1.92.